The fourth-order valence-electron chi connectivity index (χ4n) is 1.64. The summed E-state index contributed by atoms with van der Waals surface area (Å²) in [5.74, 6) is 0.0212. The fourth-order valence-corrected chi connectivity index (χ4v) is 3.44. The number of hydrogen-bond donors (Lipinski definition) is 1. The molecular weight excluding hydrogens is 218 g/mol. The molecule has 0 aromatic carbocycles. The average molecular weight is 235 g/mol. The summed E-state index contributed by atoms with van der Waals surface area (Å²) >= 11 is 0. The summed E-state index contributed by atoms with van der Waals surface area (Å²) < 4.78 is 27.3. The molecule has 0 saturated carbocycles. The molecule has 1 unspecified atom stereocenters. The Morgan fingerprint density at radius 3 is 2.80 bits per heavy atom. The maximum atomic E-state index is 11.4. The minimum absolute atomic E-state index is 0.268. The Morgan fingerprint density at radius 1 is 1.53 bits per heavy atom. The number of nitrogens with one attached hydrogen (secondary N) is 1. The van der Waals surface area contributed by atoms with Crippen LogP contribution in [0, 0.1) is 0 Å². The van der Waals surface area contributed by atoms with E-state index >= 15 is 0 Å². The van der Waals surface area contributed by atoms with Crippen molar-refractivity contribution in [1.82, 2.24) is 5.32 Å². The first-order valence-corrected chi connectivity index (χ1v) is 6.77. The zero-order valence-electron chi connectivity index (χ0n) is 8.86. The van der Waals surface area contributed by atoms with Gasteiger partial charge in [-0.3, -0.25) is 4.79 Å². The Kier molecular flexibility index (Phi) is 4.53. The SMILES string of the molecule is COC(=O)CCNCC1CCCS1(=O)=O. The third-order valence-corrected chi connectivity index (χ3v) is 4.84. The third-order valence-electron chi connectivity index (χ3n) is 2.57. The maximum absolute atomic E-state index is 11.4. The molecule has 6 heteroatoms. The van der Waals surface area contributed by atoms with E-state index in [-0.39, 0.29) is 17.6 Å². The molecule has 1 fully saturated rings. The van der Waals surface area contributed by atoms with Crippen molar-refractivity contribution < 1.29 is 17.9 Å². The molecule has 1 aliphatic rings. The molecule has 15 heavy (non-hydrogen) atoms. The Morgan fingerprint density at radius 2 is 2.27 bits per heavy atom. The Bertz CT molecular complexity index is 312. The van der Waals surface area contributed by atoms with Crippen LogP contribution in [0.5, 0.6) is 0 Å². The van der Waals surface area contributed by atoms with Crippen LogP contribution < -0.4 is 5.32 Å². The predicted octanol–water partition coefficient (Wildman–Crippen LogP) is -0.284. The first kappa shape index (κ1) is 12.4. The third kappa shape index (κ3) is 3.79. The number of hydrogen-bond acceptors (Lipinski definition) is 5. The molecule has 5 nitrogen and oxygen atoms in total. The van der Waals surface area contributed by atoms with Gasteiger partial charge >= 0.3 is 5.97 Å². The highest BCUT2D eigenvalue weighted by Crippen LogP contribution is 2.18. The normalized spacial score (nSPS) is 23.9. The van der Waals surface area contributed by atoms with E-state index in [4.69, 9.17) is 0 Å². The van der Waals surface area contributed by atoms with Crippen molar-refractivity contribution in [2.75, 3.05) is 26.0 Å². The summed E-state index contributed by atoms with van der Waals surface area (Å²) in [6.07, 6.45) is 1.77. The number of ether oxygens (including phenoxy) is 1. The minimum Gasteiger partial charge on any atom is -0.469 e. The van der Waals surface area contributed by atoms with Crippen LogP contribution in [0.4, 0.5) is 0 Å². The van der Waals surface area contributed by atoms with Gasteiger partial charge in [-0.15, -0.1) is 0 Å². The molecule has 1 atom stereocenters. The number of rotatable bonds is 5. The number of carbonyl (C=O) groups excluding carboxylic acids is 1. The van der Waals surface area contributed by atoms with Gasteiger partial charge in [0.25, 0.3) is 0 Å². The molecule has 0 aromatic heterocycles. The molecule has 1 rings (SSSR count). The molecule has 0 bridgehead atoms. The summed E-state index contributed by atoms with van der Waals surface area (Å²) in [6.45, 7) is 0.915. The fraction of sp³-hybridized carbons (Fsp3) is 0.889. The predicted molar refractivity (Wildman–Crippen MR) is 56.3 cm³/mol. The average Bonchev–Trinajstić information content (AvgIpc) is 2.52. The van der Waals surface area contributed by atoms with Gasteiger partial charge in [0.05, 0.1) is 24.5 Å². The van der Waals surface area contributed by atoms with Gasteiger partial charge in [0.15, 0.2) is 9.84 Å². The van der Waals surface area contributed by atoms with Crippen molar-refractivity contribution in [1.29, 1.82) is 0 Å². The Balaban J connectivity index is 2.18. The summed E-state index contributed by atoms with van der Waals surface area (Å²) in [7, 11) is -1.53. The molecule has 0 aliphatic carbocycles. The number of esters is 1. The first-order valence-electron chi connectivity index (χ1n) is 5.05. The lowest BCUT2D eigenvalue weighted by atomic mass is 10.2. The van der Waals surface area contributed by atoms with Gasteiger partial charge in [-0.25, -0.2) is 8.42 Å². The zero-order chi connectivity index (χ0) is 11.3. The van der Waals surface area contributed by atoms with Crippen LogP contribution in [-0.2, 0) is 19.4 Å². The van der Waals surface area contributed by atoms with Gasteiger partial charge in [0.2, 0.25) is 0 Å². The van der Waals surface area contributed by atoms with Crippen LogP contribution in [-0.4, -0.2) is 45.6 Å². The highest BCUT2D eigenvalue weighted by molar-refractivity contribution is 7.92. The van der Waals surface area contributed by atoms with Crippen LogP contribution in [0.25, 0.3) is 0 Å². The topological polar surface area (TPSA) is 72.5 Å². The monoisotopic (exact) mass is 235 g/mol. The van der Waals surface area contributed by atoms with Gasteiger partial charge in [0, 0.05) is 13.1 Å². The molecule has 0 radical (unpaired) electrons. The molecule has 88 valence electrons. The van der Waals surface area contributed by atoms with E-state index in [0.717, 1.165) is 12.8 Å². The molecule has 0 spiro atoms. The van der Waals surface area contributed by atoms with E-state index < -0.39 is 9.84 Å². The van der Waals surface area contributed by atoms with Gasteiger partial charge in [-0.05, 0) is 12.8 Å². The lowest BCUT2D eigenvalue weighted by molar-refractivity contribution is -0.140. The van der Waals surface area contributed by atoms with E-state index in [9.17, 15) is 13.2 Å². The van der Waals surface area contributed by atoms with Crippen LogP contribution >= 0.6 is 0 Å². The minimum atomic E-state index is -2.87. The molecule has 1 N–H and O–H groups in total. The van der Waals surface area contributed by atoms with Crippen LogP contribution in [0.1, 0.15) is 19.3 Å². The molecular formula is C9H17NO4S. The van der Waals surface area contributed by atoms with Crippen LogP contribution in [0.3, 0.4) is 0 Å². The van der Waals surface area contributed by atoms with Gasteiger partial charge in [-0.2, -0.15) is 0 Å². The van der Waals surface area contributed by atoms with Crippen molar-refractivity contribution in [2.45, 2.75) is 24.5 Å². The lowest BCUT2D eigenvalue weighted by Crippen LogP contribution is -2.31. The molecule has 0 aromatic rings. The number of sulfone groups is 1. The van der Waals surface area contributed by atoms with E-state index in [1.165, 1.54) is 7.11 Å². The lowest BCUT2D eigenvalue weighted by Gasteiger charge is -2.09. The van der Waals surface area contributed by atoms with Gasteiger partial charge in [0.1, 0.15) is 0 Å². The van der Waals surface area contributed by atoms with E-state index in [1.807, 2.05) is 0 Å². The maximum Gasteiger partial charge on any atom is 0.306 e. The van der Waals surface area contributed by atoms with Gasteiger partial charge in [-0.1, -0.05) is 0 Å². The second-order valence-electron chi connectivity index (χ2n) is 3.66. The van der Waals surface area contributed by atoms with Crippen molar-refractivity contribution in [2.24, 2.45) is 0 Å². The highest BCUT2D eigenvalue weighted by atomic mass is 32.2. The number of methoxy groups -OCH3 is 1. The van der Waals surface area contributed by atoms with E-state index in [2.05, 4.69) is 10.1 Å². The van der Waals surface area contributed by atoms with Gasteiger partial charge < -0.3 is 10.1 Å². The molecule has 1 saturated heterocycles. The quantitative estimate of drug-likeness (QED) is 0.524. The first-order chi connectivity index (χ1) is 7.06. The second kappa shape index (κ2) is 5.46. The van der Waals surface area contributed by atoms with Crippen molar-refractivity contribution in [3.63, 3.8) is 0 Å². The summed E-state index contributed by atoms with van der Waals surface area (Å²) in [5, 5.41) is 2.70. The zero-order valence-corrected chi connectivity index (χ0v) is 9.68. The van der Waals surface area contributed by atoms with Crippen LogP contribution in [0.2, 0.25) is 0 Å². The largest absolute Gasteiger partial charge is 0.469 e. The molecule has 1 heterocycles. The number of carbonyl (C=O) groups is 1. The summed E-state index contributed by atoms with van der Waals surface area (Å²) in [4.78, 5) is 10.8. The summed E-state index contributed by atoms with van der Waals surface area (Å²) in [5.41, 5.74) is 0. The highest BCUT2D eigenvalue weighted by Gasteiger charge is 2.30. The Hall–Kier alpha value is -0.620. The van der Waals surface area contributed by atoms with Crippen molar-refractivity contribution >= 4 is 15.8 Å². The standard InChI is InChI=1S/C9H17NO4S/c1-14-9(11)4-5-10-7-8-3-2-6-15(8,12)13/h8,10H,2-7H2,1H3. The van der Waals surface area contributed by atoms with Crippen molar-refractivity contribution in [3.8, 4) is 0 Å². The van der Waals surface area contributed by atoms with Crippen molar-refractivity contribution in [3.05, 3.63) is 0 Å². The molecule has 0 amide bonds. The van der Waals surface area contributed by atoms with Crippen LogP contribution in [0.15, 0.2) is 0 Å². The molecule has 1 aliphatic heterocycles. The Labute approximate surface area is 90.1 Å². The van der Waals surface area contributed by atoms with E-state index in [0.29, 0.717) is 18.8 Å². The van der Waals surface area contributed by atoms with E-state index in [1.54, 1.807) is 0 Å². The second-order valence-corrected chi connectivity index (χ2v) is 6.06. The summed E-state index contributed by atoms with van der Waals surface area (Å²) in [6, 6.07) is 0. The smallest absolute Gasteiger partial charge is 0.306 e.